The molecule has 1 aromatic carbocycles. The number of benzene rings is 1. The molecule has 7 nitrogen and oxygen atoms in total. The monoisotopic (exact) mass is 359 g/mol. The first-order valence-electron chi connectivity index (χ1n) is 7.95. The van der Waals surface area contributed by atoms with Gasteiger partial charge < -0.3 is 19.3 Å². The first-order chi connectivity index (χ1) is 11.5. The van der Waals surface area contributed by atoms with Crippen molar-refractivity contribution in [3.05, 3.63) is 18.2 Å². The molecule has 1 aliphatic heterocycles. The number of hydrogen-bond donors (Lipinski definition) is 2. The summed E-state index contributed by atoms with van der Waals surface area (Å²) in [6.07, 6.45) is 1.43. The molecule has 1 fully saturated rings. The minimum atomic E-state index is -3.75. The van der Waals surface area contributed by atoms with Crippen molar-refractivity contribution in [1.29, 1.82) is 0 Å². The summed E-state index contributed by atoms with van der Waals surface area (Å²) < 4.78 is 42.9. The Morgan fingerprint density at radius 3 is 2.62 bits per heavy atom. The fraction of sp³-hybridized carbons (Fsp3) is 0.625. The summed E-state index contributed by atoms with van der Waals surface area (Å²) in [5.74, 6) is 0.835. The number of hydrogen-bond acceptors (Lipinski definition) is 6. The van der Waals surface area contributed by atoms with Gasteiger partial charge in [0.2, 0.25) is 10.0 Å². The van der Waals surface area contributed by atoms with Gasteiger partial charge in [-0.3, -0.25) is 0 Å². The van der Waals surface area contributed by atoms with Gasteiger partial charge >= 0.3 is 0 Å². The average molecular weight is 359 g/mol. The summed E-state index contributed by atoms with van der Waals surface area (Å²) in [6.45, 7) is 1.45. The fourth-order valence-electron chi connectivity index (χ4n) is 2.75. The SMILES string of the molecule is COc1ccc(OC)c(S(=O)(=O)NCCC(O)C2CCOCC2)c1. The highest BCUT2D eigenvalue weighted by Crippen LogP contribution is 2.28. The van der Waals surface area contributed by atoms with Crippen molar-refractivity contribution in [3.8, 4) is 11.5 Å². The second kappa shape index (κ2) is 8.66. The number of methoxy groups -OCH3 is 2. The van der Waals surface area contributed by atoms with Crippen LogP contribution in [0.3, 0.4) is 0 Å². The van der Waals surface area contributed by atoms with Crippen LogP contribution in [0.25, 0.3) is 0 Å². The molecule has 1 saturated heterocycles. The molecule has 136 valence electrons. The predicted molar refractivity (Wildman–Crippen MR) is 88.9 cm³/mol. The smallest absolute Gasteiger partial charge is 0.244 e. The van der Waals surface area contributed by atoms with Crippen molar-refractivity contribution >= 4 is 10.0 Å². The molecule has 1 aromatic rings. The largest absolute Gasteiger partial charge is 0.497 e. The minimum Gasteiger partial charge on any atom is -0.497 e. The summed E-state index contributed by atoms with van der Waals surface area (Å²) in [5, 5.41) is 10.2. The zero-order chi connectivity index (χ0) is 17.6. The lowest BCUT2D eigenvalue weighted by Crippen LogP contribution is -2.32. The van der Waals surface area contributed by atoms with Crippen molar-refractivity contribution in [2.75, 3.05) is 34.0 Å². The number of rotatable bonds is 8. The molecular weight excluding hydrogens is 334 g/mol. The number of sulfonamides is 1. The Balaban J connectivity index is 1.98. The highest BCUT2D eigenvalue weighted by Gasteiger charge is 2.24. The van der Waals surface area contributed by atoms with Crippen LogP contribution < -0.4 is 14.2 Å². The van der Waals surface area contributed by atoms with E-state index in [4.69, 9.17) is 14.2 Å². The van der Waals surface area contributed by atoms with Crippen LogP contribution in [-0.2, 0) is 14.8 Å². The third-order valence-corrected chi connectivity index (χ3v) is 5.68. The van der Waals surface area contributed by atoms with Gasteiger partial charge in [-0.15, -0.1) is 0 Å². The molecule has 0 bridgehead atoms. The van der Waals surface area contributed by atoms with E-state index in [1.165, 1.54) is 20.3 Å². The maximum atomic E-state index is 12.5. The van der Waals surface area contributed by atoms with Gasteiger partial charge in [0.25, 0.3) is 0 Å². The van der Waals surface area contributed by atoms with Gasteiger partial charge in [-0.25, -0.2) is 13.1 Å². The van der Waals surface area contributed by atoms with Crippen LogP contribution in [0.2, 0.25) is 0 Å². The molecule has 0 spiro atoms. The second-order valence-corrected chi connectivity index (χ2v) is 7.46. The molecule has 0 aromatic heterocycles. The molecule has 0 aliphatic carbocycles. The average Bonchev–Trinajstić information content (AvgIpc) is 2.61. The van der Waals surface area contributed by atoms with Gasteiger partial charge in [-0.1, -0.05) is 0 Å². The molecule has 0 saturated carbocycles. The molecule has 24 heavy (non-hydrogen) atoms. The molecule has 8 heteroatoms. The molecule has 0 radical (unpaired) electrons. The fourth-order valence-corrected chi connectivity index (χ4v) is 3.98. The zero-order valence-electron chi connectivity index (χ0n) is 14.0. The summed E-state index contributed by atoms with van der Waals surface area (Å²) in [7, 11) is -0.872. The van der Waals surface area contributed by atoms with Crippen molar-refractivity contribution in [2.45, 2.75) is 30.3 Å². The first-order valence-corrected chi connectivity index (χ1v) is 9.43. The predicted octanol–water partition coefficient (Wildman–Crippen LogP) is 1.16. The zero-order valence-corrected chi connectivity index (χ0v) is 14.8. The highest BCUT2D eigenvalue weighted by atomic mass is 32.2. The van der Waals surface area contributed by atoms with Crippen molar-refractivity contribution in [2.24, 2.45) is 5.92 Å². The molecule has 1 heterocycles. The van der Waals surface area contributed by atoms with Crippen molar-refractivity contribution in [1.82, 2.24) is 4.72 Å². The van der Waals surface area contributed by atoms with Crippen LogP contribution in [0.5, 0.6) is 11.5 Å². The normalized spacial score (nSPS) is 17.5. The Labute approximate surface area is 143 Å². The Kier molecular flexibility index (Phi) is 6.85. The van der Waals surface area contributed by atoms with E-state index in [9.17, 15) is 13.5 Å². The summed E-state index contributed by atoms with van der Waals surface area (Å²) in [6, 6.07) is 4.59. The minimum absolute atomic E-state index is 0.0184. The van der Waals surface area contributed by atoms with Gasteiger partial charge in [0.05, 0.1) is 20.3 Å². The van der Waals surface area contributed by atoms with Gasteiger partial charge in [0.1, 0.15) is 16.4 Å². The van der Waals surface area contributed by atoms with E-state index in [1.54, 1.807) is 12.1 Å². The number of aliphatic hydroxyl groups is 1. The maximum Gasteiger partial charge on any atom is 0.244 e. The van der Waals surface area contributed by atoms with Crippen LogP contribution in [0.15, 0.2) is 23.1 Å². The van der Waals surface area contributed by atoms with Crippen molar-refractivity contribution < 1.29 is 27.7 Å². The van der Waals surface area contributed by atoms with Crippen LogP contribution in [-0.4, -0.2) is 53.6 Å². The van der Waals surface area contributed by atoms with E-state index in [0.29, 0.717) is 25.4 Å². The van der Waals surface area contributed by atoms with Crippen LogP contribution in [0.4, 0.5) is 0 Å². The lowest BCUT2D eigenvalue weighted by molar-refractivity contribution is 0.00567. The standard InChI is InChI=1S/C16H25NO6S/c1-21-13-3-4-15(22-2)16(11-13)24(19,20)17-8-5-14(18)12-6-9-23-10-7-12/h3-4,11-12,14,17-18H,5-10H2,1-2H3. The van der Waals surface area contributed by atoms with Gasteiger partial charge in [-0.2, -0.15) is 0 Å². The molecule has 2 rings (SSSR count). The third-order valence-electron chi connectivity index (χ3n) is 4.20. The first kappa shape index (κ1) is 19.0. The Bertz CT molecular complexity index is 627. The van der Waals surface area contributed by atoms with E-state index in [1.807, 2.05) is 0 Å². The van der Waals surface area contributed by atoms with Crippen LogP contribution in [0.1, 0.15) is 19.3 Å². The van der Waals surface area contributed by atoms with E-state index < -0.39 is 16.1 Å². The van der Waals surface area contributed by atoms with Crippen molar-refractivity contribution in [3.63, 3.8) is 0 Å². The molecule has 1 aliphatic rings. The molecule has 1 unspecified atom stereocenters. The molecule has 1 atom stereocenters. The number of nitrogens with one attached hydrogen (secondary N) is 1. The number of aliphatic hydroxyl groups excluding tert-OH is 1. The lowest BCUT2D eigenvalue weighted by atomic mass is 9.92. The quantitative estimate of drug-likeness (QED) is 0.723. The van der Waals surface area contributed by atoms with Gasteiger partial charge in [0.15, 0.2) is 0 Å². The van der Waals surface area contributed by atoms with E-state index in [0.717, 1.165) is 12.8 Å². The Morgan fingerprint density at radius 2 is 2.00 bits per heavy atom. The van der Waals surface area contributed by atoms with E-state index in [-0.39, 0.29) is 23.1 Å². The van der Waals surface area contributed by atoms with Gasteiger partial charge in [0, 0.05) is 25.8 Å². The summed E-state index contributed by atoms with van der Waals surface area (Å²) in [4.78, 5) is 0.0184. The Hall–Kier alpha value is -1.35. The third kappa shape index (κ3) is 4.83. The van der Waals surface area contributed by atoms with Crippen LogP contribution in [0, 0.1) is 5.92 Å². The van der Waals surface area contributed by atoms with Crippen LogP contribution >= 0.6 is 0 Å². The maximum absolute atomic E-state index is 12.5. The second-order valence-electron chi connectivity index (χ2n) is 5.72. The Morgan fingerprint density at radius 1 is 1.29 bits per heavy atom. The molecule has 2 N–H and O–H groups in total. The van der Waals surface area contributed by atoms with Gasteiger partial charge in [-0.05, 0) is 37.3 Å². The summed E-state index contributed by atoms with van der Waals surface area (Å²) in [5.41, 5.74) is 0. The molecular formula is C16H25NO6S. The van der Waals surface area contributed by atoms with E-state index >= 15 is 0 Å². The lowest BCUT2D eigenvalue weighted by Gasteiger charge is -2.26. The summed E-state index contributed by atoms with van der Waals surface area (Å²) >= 11 is 0. The molecule has 0 amide bonds. The number of ether oxygens (including phenoxy) is 3. The highest BCUT2D eigenvalue weighted by molar-refractivity contribution is 7.89. The topological polar surface area (TPSA) is 94.1 Å². The van der Waals surface area contributed by atoms with E-state index in [2.05, 4.69) is 4.72 Å².